The van der Waals surface area contributed by atoms with Crippen molar-refractivity contribution in [3.05, 3.63) is 53.1 Å². The molecule has 1 aliphatic rings. The Balaban J connectivity index is 1.92. The van der Waals surface area contributed by atoms with E-state index in [-0.39, 0.29) is 23.4 Å². The molecule has 0 saturated carbocycles. The Hall–Kier alpha value is -2.69. The molecule has 4 nitrogen and oxygen atoms in total. The van der Waals surface area contributed by atoms with Crippen LogP contribution < -0.4 is 10.6 Å². The topological polar surface area (TPSA) is 58.2 Å². The van der Waals surface area contributed by atoms with Gasteiger partial charge in [0.25, 0.3) is 5.91 Å². The highest BCUT2D eigenvalue weighted by molar-refractivity contribution is 8.00. The van der Waals surface area contributed by atoms with Gasteiger partial charge >= 0.3 is 12.4 Å². The molecular formula is C17H10F6N2O2S. The van der Waals surface area contributed by atoms with Gasteiger partial charge in [0, 0.05) is 16.1 Å². The van der Waals surface area contributed by atoms with E-state index in [9.17, 15) is 35.9 Å². The molecule has 2 amide bonds. The average Bonchev–Trinajstić information content (AvgIpc) is 2.59. The summed E-state index contributed by atoms with van der Waals surface area (Å²) >= 11 is 1.26. The van der Waals surface area contributed by atoms with Crippen molar-refractivity contribution in [3.63, 3.8) is 0 Å². The summed E-state index contributed by atoms with van der Waals surface area (Å²) in [6.07, 6.45) is -10.1. The fourth-order valence-electron chi connectivity index (χ4n) is 2.45. The fourth-order valence-corrected chi connectivity index (χ4v) is 3.24. The zero-order valence-corrected chi connectivity index (χ0v) is 14.5. The van der Waals surface area contributed by atoms with E-state index in [2.05, 4.69) is 10.6 Å². The lowest BCUT2D eigenvalue weighted by Gasteiger charge is -2.17. The van der Waals surface area contributed by atoms with Gasteiger partial charge in [0.05, 0.1) is 22.6 Å². The van der Waals surface area contributed by atoms with E-state index in [0.29, 0.717) is 17.8 Å². The van der Waals surface area contributed by atoms with E-state index >= 15 is 0 Å². The predicted molar refractivity (Wildman–Crippen MR) is 90.2 cm³/mol. The van der Waals surface area contributed by atoms with Crippen LogP contribution in [0.1, 0.15) is 21.5 Å². The number of fused-ring (bicyclic) bond motifs is 1. The summed E-state index contributed by atoms with van der Waals surface area (Å²) in [5, 5.41) is 4.81. The van der Waals surface area contributed by atoms with Crippen LogP contribution >= 0.6 is 11.8 Å². The number of carbonyl (C=O) groups excluding carboxylic acids is 2. The molecule has 0 spiro atoms. The number of rotatable bonds is 2. The van der Waals surface area contributed by atoms with Gasteiger partial charge in [-0.1, -0.05) is 0 Å². The van der Waals surface area contributed by atoms with Gasteiger partial charge in [-0.3, -0.25) is 9.59 Å². The number of nitrogens with one attached hydrogen (secondary N) is 2. The monoisotopic (exact) mass is 420 g/mol. The van der Waals surface area contributed by atoms with E-state index in [1.54, 1.807) is 6.07 Å². The minimum atomic E-state index is -5.05. The van der Waals surface area contributed by atoms with Crippen LogP contribution in [0.3, 0.4) is 0 Å². The maximum Gasteiger partial charge on any atom is 0.416 e. The van der Waals surface area contributed by atoms with Crippen molar-refractivity contribution in [2.75, 3.05) is 16.4 Å². The number of benzene rings is 2. The van der Waals surface area contributed by atoms with Crippen molar-refractivity contribution < 1.29 is 35.9 Å². The van der Waals surface area contributed by atoms with Crippen molar-refractivity contribution in [3.8, 4) is 0 Å². The smallest absolute Gasteiger partial charge is 0.324 e. The fraction of sp³-hybridized carbons (Fsp3) is 0.176. The molecule has 2 aromatic rings. The lowest BCUT2D eigenvalue weighted by molar-refractivity contribution is -0.143. The van der Waals surface area contributed by atoms with Crippen LogP contribution in [0, 0.1) is 0 Å². The van der Waals surface area contributed by atoms with Crippen molar-refractivity contribution in [2.45, 2.75) is 17.2 Å². The third-order valence-corrected chi connectivity index (χ3v) is 4.79. The van der Waals surface area contributed by atoms with Gasteiger partial charge in [0.1, 0.15) is 0 Å². The normalized spacial score (nSPS) is 14.3. The summed E-state index contributed by atoms with van der Waals surface area (Å²) in [6.45, 7) is 0. The minimum Gasteiger partial charge on any atom is -0.324 e. The van der Waals surface area contributed by atoms with Gasteiger partial charge in [-0.25, -0.2) is 0 Å². The zero-order valence-electron chi connectivity index (χ0n) is 13.7. The van der Waals surface area contributed by atoms with Crippen molar-refractivity contribution in [2.24, 2.45) is 0 Å². The molecule has 0 unspecified atom stereocenters. The van der Waals surface area contributed by atoms with Gasteiger partial charge in [-0.05, 0) is 36.4 Å². The molecule has 0 bridgehead atoms. The Kier molecular flexibility index (Phi) is 5.04. The highest BCUT2D eigenvalue weighted by Gasteiger charge is 2.37. The highest BCUT2D eigenvalue weighted by Crippen LogP contribution is 2.37. The van der Waals surface area contributed by atoms with Gasteiger partial charge in [-0.2, -0.15) is 26.3 Å². The zero-order chi connectivity index (χ0) is 20.7. The first kappa shape index (κ1) is 20.1. The number of thioether (sulfide) groups is 1. The molecule has 11 heteroatoms. The standard InChI is InChI=1S/C17H10F6N2O2S/c18-16(19,20)9-3-8(4-10(5-9)17(21,22)23)15(27)24-11-1-2-13-12(6-11)25-14(26)7-28-13/h1-6H,7H2,(H,24,27)(H,25,26). The van der Waals surface area contributed by atoms with Crippen LogP contribution in [0.4, 0.5) is 37.7 Å². The molecule has 0 saturated heterocycles. The number of amides is 2. The van der Waals surface area contributed by atoms with Crippen LogP contribution in [0.2, 0.25) is 0 Å². The third-order valence-electron chi connectivity index (χ3n) is 3.72. The Labute approximate surface area is 158 Å². The molecule has 1 heterocycles. The van der Waals surface area contributed by atoms with Crippen LogP contribution in [0.25, 0.3) is 0 Å². The molecule has 1 aliphatic heterocycles. The summed E-state index contributed by atoms with van der Waals surface area (Å²) in [7, 11) is 0. The molecule has 28 heavy (non-hydrogen) atoms. The molecule has 0 aromatic heterocycles. The number of hydrogen-bond donors (Lipinski definition) is 2. The first-order chi connectivity index (χ1) is 12.9. The largest absolute Gasteiger partial charge is 0.416 e. The van der Waals surface area contributed by atoms with Crippen LogP contribution in [0.5, 0.6) is 0 Å². The second-order valence-corrected chi connectivity index (χ2v) is 6.81. The van der Waals surface area contributed by atoms with E-state index in [1.807, 2.05) is 0 Å². The number of hydrogen-bond acceptors (Lipinski definition) is 3. The summed E-state index contributed by atoms with van der Waals surface area (Å²) < 4.78 is 77.5. The second-order valence-electron chi connectivity index (χ2n) is 5.80. The number of halogens is 6. The number of carbonyl (C=O) groups is 2. The average molecular weight is 420 g/mol. The SMILES string of the molecule is O=C1CSc2ccc(NC(=O)c3cc(C(F)(F)F)cc(C(F)(F)F)c3)cc2N1. The summed E-state index contributed by atoms with van der Waals surface area (Å²) in [4.78, 5) is 24.4. The molecule has 2 aromatic carbocycles. The maximum absolute atomic E-state index is 12.9. The molecule has 0 aliphatic carbocycles. The molecule has 0 fully saturated rings. The number of anilines is 2. The number of alkyl halides is 6. The lowest BCUT2D eigenvalue weighted by Crippen LogP contribution is -2.19. The van der Waals surface area contributed by atoms with E-state index in [1.165, 1.54) is 23.9 Å². The van der Waals surface area contributed by atoms with E-state index in [4.69, 9.17) is 0 Å². The second kappa shape index (κ2) is 7.04. The summed E-state index contributed by atoms with van der Waals surface area (Å²) in [5.74, 6) is -1.21. The van der Waals surface area contributed by atoms with Crippen LogP contribution in [-0.2, 0) is 17.1 Å². The highest BCUT2D eigenvalue weighted by atomic mass is 32.2. The van der Waals surface area contributed by atoms with Gasteiger partial charge in [-0.15, -0.1) is 11.8 Å². The van der Waals surface area contributed by atoms with Gasteiger partial charge in [0.2, 0.25) is 5.91 Å². The van der Waals surface area contributed by atoms with Crippen molar-refractivity contribution in [1.82, 2.24) is 0 Å². The molecule has 0 radical (unpaired) electrons. The Morgan fingerprint density at radius 1 is 0.964 bits per heavy atom. The Morgan fingerprint density at radius 3 is 2.14 bits per heavy atom. The summed E-state index contributed by atoms with van der Waals surface area (Å²) in [6, 6.07) is 5.01. The molecule has 3 rings (SSSR count). The molecular weight excluding hydrogens is 410 g/mol. The Morgan fingerprint density at radius 2 is 1.57 bits per heavy atom. The first-order valence-corrected chi connectivity index (χ1v) is 8.59. The quantitative estimate of drug-likeness (QED) is 0.671. The predicted octanol–water partition coefficient (Wildman–Crippen LogP) is 5.02. The van der Waals surface area contributed by atoms with Crippen molar-refractivity contribution >= 4 is 35.0 Å². The first-order valence-electron chi connectivity index (χ1n) is 7.61. The van der Waals surface area contributed by atoms with Crippen molar-refractivity contribution in [1.29, 1.82) is 0 Å². The van der Waals surface area contributed by atoms with Gasteiger partial charge in [0.15, 0.2) is 0 Å². The molecule has 2 N–H and O–H groups in total. The third kappa shape index (κ3) is 4.41. The minimum absolute atomic E-state index is 0.0531. The lowest BCUT2D eigenvalue weighted by atomic mass is 10.0. The molecule has 148 valence electrons. The van der Waals surface area contributed by atoms with Gasteiger partial charge < -0.3 is 10.6 Å². The molecule has 0 atom stereocenters. The maximum atomic E-state index is 12.9. The van der Waals surface area contributed by atoms with Crippen LogP contribution in [-0.4, -0.2) is 17.6 Å². The Bertz CT molecular complexity index is 923. The van der Waals surface area contributed by atoms with E-state index < -0.39 is 35.0 Å². The summed E-state index contributed by atoms with van der Waals surface area (Å²) in [5.41, 5.74) is -3.46. The van der Waals surface area contributed by atoms with E-state index in [0.717, 1.165) is 4.90 Å². The van der Waals surface area contributed by atoms with Crippen LogP contribution in [0.15, 0.2) is 41.3 Å².